The summed E-state index contributed by atoms with van der Waals surface area (Å²) in [5.41, 5.74) is 14.3. The van der Waals surface area contributed by atoms with E-state index in [0.717, 1.165) is 0 Å². The predicted octanol–water partition coefficient (Wildman–Crippen LogP) is 3.71. The Bertz CT molecular complexity index is 1430. The van der Waals surface area contributed by atoms with E-state index in [1.807, 2.05) is 13.8 Å². The van der Waals surface area contributed by atoms with Crippen molar-refractivity contribution in [1.82, 2.24) is 19.9 Å². The molecule has 11 nitrogen and oxygen atoms in total. The van der Waals surface area contributed by atoms with Gasteiger partial charge in [0.15, 0.2) is 0 Å². The second-order valence-corrected chi connectivity index (χ2v) is 8.63. The number of pyridine rings is 1. The van der Waals surface area contributed by atoms with Crippen molar-refractivity contribution in [1.29, 1.82) is 0 Å². The summed E-state index contributed by atoms with van der Waals surface area (Å²) < 4.78 is 12.1. The molecule has 3 heterocycles. The minimum Gasteiger partial charge on any atom is -0.496 e. The molecule has 0 aliphatic rings. The predicted molar refractivity (Wildman–Crippen MR) is 135 cm³/mol. The minimum absolute atomic E-state index is 0.0220. The fraction of sp³-hybridized carbons (Fsp3) is 0.208. The molecule has 36 heavy (non-hydrogen) atoms. The molecule has 0 spiro atoms. The topological polar surface area (TPSA) is 164 Å². The van der Waals surface area contributed by atoms with Crippen molar-refractivity contribution in [2.75, 3.05) is 18.2 Å². The number of carbonyl (C=O) groups excluding carboxylic acids is 2. The molecule has 0 fully saturated rings. The Kier molecular flexibility index (Phi) is 6.93. The maximum atomic E-state index is 12.5. The third-order valence-electron chi connectivity index (χ3n) is 5.34. The number of halogens is 1. The Balaban J connectivity index is 1.47. The maximum absolute atomic E-state index is 12.5. The molecule has 2 amide bonds. The van der Waals surface area contributed by atoms with E-state index in [9.17, 15) is 9.59 Å². The molecule has 0 saturated heterocycles. The van der Waals surface area contributed by atoms with Crippen molar-refractivity contribution in [3.8, 4) is 28.3 Å². The van der Waals surface area contributed by atoms with Gasteiger partial charge in [0.05, 0.1) is 13.5 Å². The second-order valence-electron chi connectivity index (χ2n) is 8.20. The number of ether oxygens (including phenoxy) is 1. The Morgan fingerprint density at radius 1 is 1.22 bits per heavy atom. The van der Waals surface area contributed by atoms with E-state index >= 15 is 0 Å². The third kappa shape index (κ3) is 5.01. The van der Waals surface area contributed by atoms with Gasteiger partial charge >= 0.3 is 0 Å². The average molecular weight is 510 g/mol. The number of rotatable bonds is 8. The minimum atomic E-state index is -0.680. The molecular formula is C24H24ClN7O4. The van der Waals surface area contributed by atoms with Gasteiger partial charge in [-0.25, -0.2) is 4.68 Å². The van der Waals surface area contributed by atoms with E-state index in [0.29, 0.717) is 39.0 Å². The van der Waals surface area contributed by atoms with Crippen LogP contribution >= 0.6 is 11.6 Å². The van der Waals surface area contributed by atoms with Crippen molar-refractivity contribution in [3.05, 3.63) is 58.9 Å². The zero-order valence-electron chi connectivity index (χ0n) is 19.8. The van der Waals surface area contributed by atoms with E-state index in [1.165, 1.54) is 18.0 Å². The number of benzene rings is 1. The number of nitrogens with zero attached hydrogens (tertiary/aromatic N) is 4. The fourth-order valence-electron chi connectivity index (χ4n) is 3.64. The molecule has 0 aliphatic carbocycles. The molecule has 4 aromatic rings. The van der Waals surface area contributed by atoms with Crippen molar-refractivity contribution in [2.24, 2.45) is 5.73 Å². The lowest BCUT2D eigenvalue weighted by molar-refractivity contribution is -0.115. The van der Waals surface area contributed by atoms with Crippen LogP contribution in [0.1, 0.15) is 35.9 Å². The molecule has 0 aliphatic heterocycles. The molecule has 1 aromatic carbocycles. The van der Waals surface area contributed by atoms with Crippen LogP contribution in [0.5, 0.6) is 5.75 Å². The summed E-state index contributed by atoms with van der Waals surface area (Å²) >= 11 is 6.00. The first kappa shape index (κ1) is 24.7. The van der Waals surface area contributed by atoms with Gasteiger partial charge in [0.25, 0.3) is 5.91 Å². The summed E-state index contributed by atoms with van der Waals surface area (Å²) in [5, 5.41) is 11.6. The number of methoxy groups -OCH3 is 1. The number of nitrogens with one attached hydrogen (secondary N) is 1. The zero-order valence-corrected chi connectivity index (χ0v) is 20.5. The molecule has 0 unspecified atom stereocenters. The third-order valence-corrected chi connectivity index (χ3v) is 5.57. The number of aromatic nitrogens is 4. The molecule has 0 saturated carbocycles. The number of amides is 2. The number of primary amides is 1. The van der Waals surface area contributed by atoms with Crippen LogP contribution in [0.25, 0.3) is 22.5 Å². The van der Waals surface area contributed by atoms with Crippen LogP contribution in [0, 0.1) is 0 Å². The number of hydrogen-bond donors (Lipinski definition) is 3. The first-order valence-electron chi connectivity index (χ1n) is 10.9. The summed E-state index contributed by atoms with van der Waals surface area (Å²) in [5.74, 6) is -0.145. The van der Waals surface area contributed by atoms with E-state index in [2.05, 4.69) is 20.6 Å². The lowest BCUT2D eigenvalue weighted by Crippen LogP contribution is -2.15. The Morgan fingerprint density at radius 2 is 2.00 bits per heavy atom. The molecule has 4 rings (SSSR count). The van der Waals surface area contributed by atoms with Gasteiger partial charge in [-0.2, -0.15) is 5.10 Å². The van der Waals surface area contributed by atoms with Crippen LogP contribution < -0.4 is 21.5 Å². The number of nitrogens with two attached hydrogens (primary N) is 2. The van der Waals surface area contributed by atoms with E-state index in [1.54, 1.807) is 36.4 Å². The van der Waals surface area contributed by atoms with Crippen LogP contribution in [0.15, 0.2) is 47.1 Å². The summed E-state index contributed by atoms with van der Waals surface area (Å²) in [6, 6.07) is 9.99. The highest BCUT2D eigenvalue weighted by atomic mass is 35.5. The highest BCUT2D eigenvalue weighted by Gasteiger charge is 2.23. The fourth-order valence-corrected chi connectivity index (χ4v) is 3.80. The molecule has 0 bridgehead atoms. The lowest BCUT2D eigenvalue weighted by Gasteiger charge is -2.06. The number of hydrogen-bond acceptors (Lipinski definition) is 8. The second kappa shape index (κ2) is 10.1. The Hall–Kier alpha value is -4.38. The van der Waals surface area contributed by atoms with E-state index in [4.69, 9.17) is 32.3 Å². The average Bonchev–Trinajstić information content (AvgIpc) is 3.43. The zero-order chi connectivity index (χ0) is 26.0. The Morgan fingerprint density at radius 3 is 2.64 bits per heavy atom. The molecule has 0 radical (unpaired) electrons. The molecule has 5 N–H and O–H groups in total. The van der Waals surface area contributed by atoms with Gasteiger partial charge in [0, 0.05) is 40.1 Å². The van der Waals surface area contributed by atoms with Crippen LogP contribution in [0.4, 0.5) is 11.7 Å². The molecule has 186 valence electrons. The van der Waals surface area contributed by atoms with Gasteiger partial charge in [0.2, 0.25) is 11.8 Å². The van der Waals surface area contributed by atoms with Gasteiger partial charge in [-0.3, -0.25) is 19.9 Å². The van der Waals surface area contributed by atoms with Crippen LogP contribution in [0.2, 0.25) is 5.02 Å². The first-order chi connectivity index (χ1) is 17.2. The summed E-state index contributed by atoms with van der Waals surface area (Å²) in [7, 11) is 1.52. The van der Waals surface area contributed by atoms with Gasteiger partial charge in [-0.05, 0) is 44.2 Å². The molecule has 3 aromatic heterocycles. The molecule has 12 heteroatoms. The van der Waals surface area contributed by atoms with Gasteiger partial charge < -0.3 is 20.7 Å². The normalized spacial score (nSPS) is 11.0. The van der Waals surface area contributed by atoms with Crippen molar-refractivity contribution in [3.63, 3.8) is 0 Å². The largest absolute Gasteiger partial charge is 0.496 e. The number of nitrogen functional groups attached to an aromatic ring is 1. The van der Waals surface area contributed by atoms with Crippen molar-refractivity contribution >= 4 is 35.1 Å². The van der Waals surface area contributed by atoms with Crippen molar-refractivity contribution in [2.45, 2.75) is 26.3 Å². The highest BCUT2D eigenvalue weighted by Crippen LogP contribution is 2.33. The molecular weight excluding hydrogens is 486 g/mol. The van der Waals surface area contributed by atoms with Crippen LogP contribution in [0.3, 0.4) is 0 Å². The quantitative estimate of drug-likeness (QED) is 0.323. The summed E-state index contributed by atoms with van der Waals surface area (Å²) in [4.78, 5) is 28.8. The first-order valence-corrected chi connectivity index (χ1v) is 11.3. The summed E-state index contributed by atoms with van der Waals surface area (Å²) in [6.45, 7) is 3.78. The van der Waals surface area contributed by atoms with Crippen molar-refractivity contribution < 1.29 is 18.8 Å². The lowest BCUT2D eigenvalue weighted by atomic mass is 10.1. The van der Waals surface area contributed by atoms with Gasteiger partial charge in [-0.1, -0.05) is 16.8 Å². The molecule has 0 atom stereocenters. The maximum Gasteiger partial charge on any atom is 0.254 e. The summed E-state index contributed by atoms with van der Waals surface area (Å²) in [6.07, 6.45) is 1.49. The Labute approximate surface area is 211 Å². The SMILES string of the molecule is COc1cc(Cl)ccc1-c1cc(NC(=O)Cc2ccc(-c3nn(C(C)C)c(N)c3C(N)=O)cn2)on1. The standard InChI is InChI=1S/C24H24ClN7O4/c1-12(2)32-23(26)21(24(27)34)22(30-32)13-4-6-15(28-11-13)9-19(33)29-20-10-17(31-36-20)16-7-5-14(25)8-18(16)35-3/h4-8,10-12H,9,26H2,1-3H3,(H2,27,34)(H,29,33). The van der Waals surface area contributed by atoms with Gasteiger partial charge in [0.1, 0.15) is 28.5 Å². The smallest absolute Gasteiger partial charge is 0.254 e. The number of carbonyl (C=O) groups is 2. The van der Waals surface area contributed by atoms with Crippen LogP contribution in [-0.4, -0.2) is 38.8 Å². The van der Waals surface area contributed by atoms with Gasteiger partial charge in [-0.15, -0.1) is 0 Å². The van der Waals surface area contributed by atoms with E-state index in [-0.39, 0.29) is 35.6 Å². The van der Waals surface area contributed by atoms with E-state index < -0.39 is 5.91 Å². The number of anilines is 2. The monoisotopic (exact) mass is 509 g/mol. The van der Waals surface area contributed by atoms with Crippen LogP contribution in [-0.2, 0) is 11.2 Å². The highest BCUT2D eigenvalue weighted by molar-refractivity contribution is 6.30.